The molecule has 0 spiro atoms. The molecule has 0 amide bonds. The highest BCUT2D eigenvalue weighted by Crippen LogP contribution is 2.10. The van der Waals surface area contributed by atoms with E-state index in [1.54, 1.807) is 0 Å². The van der Waals surface area contributed by atoms with Gasteiger partial charge in [0.1, 0.15) is 0 Å². The summed E-state index contributed by atoms with van der Waals surface area (Å²) in [6, 6.07) is 11.4. The number of aryl methyl sites for hydroxylation is 1. The van der Waals surface area contributed by atoms with E-state index in [2.05, 4.69) is 47.9 Å². The fourth-order valence-corrected chi connectivity index (χ4v) is 2.60. The van der Waals surface area contributed by atoms with Crippen molar-refractivity contribution in [2.45, 2.75) is 38.6 Å². The van der Waals surface area contributed by atoms with Crippen molar-refractivity contribution >= 4 is 0 Å². The van der Waals surface area contributed by atoms with Crippen LogP contribution in [-0.2, 0) is 6.42 Å². The SMILES string of the molecule is CC(CCc1ccccc1)NCC1CCCNC1. The van der Waals surface area contributed by atoms with Crippen molar-refractivity contribution in [1.29, 1.82) is 0 Å². The summed E-state index contributed by atoms with van der Waals surface area (Å²) in [7, 11) is 0. The molecule has 2 N–H and O–H groups in total. The summed E-state index contributed by atoms with van der Waals surface area (Å²) in [5, 5.41) is 7.16. The highest BCUT2D eigenvalue weighted by molar-refractivity contribution is 5.14. The first-order valence-corrected chi connectivity index (χ1v) is 7.32. The van der Waals surface area contributed by atoms with Gasteiger partial charge in [0.15, 0.2) is 0 Å². The molecule has 1 saturated heterocycles. The summed E-state index contributed by atoms with van der Waals surface area (Å²) >= 11 is 0. The average molecular weight is 246 g/mol. The summed E-state index contributed by atoms with van der Waals surface area (Å²) in [6.45, 7) is 5.88. The Morgan fingerprint density at radius 3 is 2.89 bits per heavy atom. The van der Waals surface area contributed by atoms with Crippen LogP contribution in [0, 0.1) is 5.92 Å². The molecule has 2 atom stereocenters. The summed E-state index contributed by atoms with van der Waals surface area (Å²) < 4.78 is 0. The lowest BCUT2D eigenvalue weighted by atomic mass is 9.99. The fraction of sp³-hybridized carbons (Fsp3) is 0.625. The highest BCUT2D eigenvalue weighted by atomic mass is 14.9. The third-order valence-corrected chi connectivity index (χ3v) is 3.86. The first kappa shape index (κ1) is 13.6. The Labute approximate surface area is 111 Å². The molecule has 0 bridgehead atoms. The molecule has 0 aromatic heterocycles. The van der Waals surface area contributed by atoms with Crippen LogP contribution in [0.25, 0.3) is 0 Å². The molecule has 2 heteroatoms. The number of hydrogen-bond acceptors (Lipinski definition) is 2. The summed E-state index contributed by atoms with van der Waals surface area (Å²) in [4.78, 5) is 0. The molecule has 1 fully saturated rings. The minimum atomic E-state index is 0.618. The zero-order valence-corrected chi connectivity index (χ0v) is 11.5. The minimum absolute atomic E-state index is 0.618. The van der Waals surface area contributed by atoms with Gasteiger partial charge in [-0.1, -0.05) is 30.3 Å². The molecule has 1 aromatic carbocycles. The second-order valence-electron chi connectivity index (χ2n) is 5.55. The number of nitrogens with one attached hydrogen (secondary N) is 2. The molecule has 0 radical (unpaired) electrons. The van der Waals surface area contributed by atoms with E-state index in [1.165, 1.54) is 50.9 Å². The Balaban J connectivity index is 1.61. The van der Waals surface area contributed by atoms with E-state index in [0.717, 1.165) is 5.92 Å². The quantitative estimate of drug-likeness (QED) is 0.806. The number of piperidine rings is 1. The lowest BCUT2D eigenvalue weighted by Crippen LogP contribution is -2.39. The molecule has 1 heterocycles. The van der Waals surface area contributed by atoms with E-state index in [1.807, 2.05) is 0 Å². The van der Waals surface area contributed by atoms with Crippen molar-refractivity contribution in [3.05, 3.63) is 35.9 Å². The Morgan fingerprint density at radius 2 is 2.17 bits per heavy atom. The van der Waals surface area contributed by atoms with E-state index >= 15 is 0 Å². The summed E-state index contributed by atoms with van der Waals surface area (Å²) in [5.41, 5.74) is 1.45. The second-order valence-corrected chi connectivity index (χ2v) is 5.55. The van der Waals surface area contributed by atoms with Gasteiger partial charge in [-0.15, -0.1) is 0 Å². The van der Waals surface area contributed by atoms with Crippen LogP contribution in [-0.4, -0.2) is 25.7 Å². The van der Waals surface area contributed by atoms with Crippen LogP contribution in [0.5, 0.6) is 0 Å². The van der Waals surface area contributed by atoms with Gasteiger partial charge in [0.25, 0.3) is 0 Å². The molecule has 2 unspecified atom stereocenters. The molecule has 2 rings (SSSR count). The Morgan fingerprint density at radius 1 is 1.33 bits per heavy atom. The van der Waals surface area contributed by atoms with E-state index in [0.29, 0.717) is 6.04 Å². The Kier molecular flexibility index (Phi) is 5.69. The van der Waals surface area contributed by atoms with E-state index in [9.17, 15) is 0 Å². The van der Waals surface area contributed by atoms with Crippen molar-refractivity contribution in [2.24, 2.45) is 5.92 Å². The topological polar surface area (TPSA) is 24.1 Å². The zero-order chi connectivity index (χ0) is 12.6. The third-order valence-electron chi connectivity index (χ3n) is 3.86. The maximum atomic E-state index is 3.68. The molecule has 0 aliphatic carbocycles. The molecule has 1 aromatic rings. The molecular weight excluding hydrogens is 220 g/mol. The fourth-order valence-electron chi connectivity index (χ4n) is 2.60. The van der Waals surface area contributed by atoms with Gasteiger partial charge in [-0.2, -0.15) is 0 Å². The maximum Gasteiger partial charge on any atom is 0.00420 e. The van der Waals surface area contributed by atoms with Crippen LogP contribution < -0.4 is 10.6 Å². The summed E-state index contributed by atoms with van der Waals surface area (Å²) in [5.74, 6) is 0.831. The second kappa shape index (κ2) is 7.55. The molecule has 18 heavy (non-hydrogen) atoms. The van der Waals surface area contributed by atoms with Gasteiger partial charge in [0.05, 0.1) is 0 Å². The minimum Gasteiger partial charge on any atom is -0.316 e. The lowest BCUT2D eigenvalue weighted by Gasteiger charge is -2.25. The zero-order valence-electron chi connectivity index (χ0n) is 11.5. The predicted molar refractivity (Wildman–Crippen MR) is 77.8 cm³/mol. The van der Waals surface area contributed by atoms with E-state index < -0.39 is 0 Å². The molecule has 1 aliphatic rings. The normalized spacial score (nSPS) is 21.7. The van der Waals surface area contributed by atoms with Crippen LogP contribution in [0.2, 0.25) is 0 Å². The number of benzene rings is 1. The van der Waals surface area contributed by atoms with Gasteiger partial charge in [-0.25, -0.2) is 0 Å². The average Bonchev–Trinajstić information content (AvgIpc) is 2.45. The monoisotopic (exact) mass is 246 g/mol. The largest absolute Gasteiger partial charge is 0.316 e. The van der Waals surface area contributed by atoms with Crippen LogP contribution in [0.15, 0.2) is 30.3 Å². The highest BCUT2D eigenvalue weighted by Gasteiger charge is 2.13. The van der Waals surface area contributed by atoms with E-state index in [-0.39, 0.29) is 0 Å². The predicted octanol–water partition coefficient (Wildman–Crippen LogP) is 2.60. The van der Waals surface area contributed by atoms with Crippen molar-refractivity contribution in [3.8, 4) is 0 Å². The van der Waals surface area contributed by atoms with Crippen LogP contribution in [0.3, 0.4) is 0 Å². The van der Waals surface area contributed by atoms with E-state index in [4.69, 9.17) is 0 Å². The molecular formula is C16H26N2. The lowest BCUT2D eigenvalue weighted by molar-refractivity contribution is 0.343. The van der Waals surface area contributed by atoms with Crippen LogP contribution in [0.1, 0.15) is 31.7 Å². The van der Waals surface area contributed by atoms with Crippen molar-refractivity contribution in [3.63, 3.8) is 0 Å². The Bertz CT molecular complexity index is 317. The third kappa shape index (κ3) is 4.79. The molecule has 100 valence electrons. The molecule has 0 saturated carbocycles. The van der Waals surface area contributed by atoms with Crippen molar-refractivity contribution in [1.82, 2.24) is 10.6 Å². The van der Waals surface area contributed by atoms with Gasteiger partial charge < -0.3 is 10.6 Å². The standard InChI is InChI=1S/C16H26N2/c1-14(9-10-15-6-3-2-4-7-15)18-13-16-8-5-11-17-12-16/h2-4,6-7,14,16-18H,5,8-13H2,1H3. The van der Waals surface area contributed by atoms with Gasteiger partial charge in [-0.05, 0) is 63.7 Å². The number of rotatable bonds is 6. The van der Waals surface area contributed by atoms with Gasteiger partial charge in [0, 0.05) is 6.04 Å². The Hall–Kier alpha value is -0.860. The molecule has 1 aliphatic heterocycles. The van der Waals surface area contributed by atoms with Crippen molar-refractivity contribution in [2.75, 3.05) is 19.6 Å². The van der Waals surface area contributed by atoms with Crippen molar-refractivity contribution < 1.29 is 0 Å². The van der Waals surface area contributed by atoms with Gasteiger partial charge in [-0.3, -0.25) is 0 Å². The van der Waals surface area contributed by atoms with Crippen LogP contribution in [0.4, 0.5) is 0 Å². The summed E-state index contributed by atoms with van der Waals surface area (Å²) in [6.07, 6.45) is 5.12. The first-order valence-electron chi connectivity index (χ1n) is 7.32. The van der Waals surface area contributed by atoms with Gasteiger partial charge >= 0.3 is 0 Å². The van der Waals surface area contributed by atoms with Gasteiger partial charge in [0.2, 0.25) is 0 Å². The molecule has 2 nitrogen and oxygen atoms in total. The first-order chi connectivity index (χ1) is 8.84. The maximum absolute atomic E-state index is 3.68. The smallest absolute Gasteiger partial charge is 0.00420 e. The number of hydrogen-bond donors (Lipinski definition) is 2. The van der Waals surface area contributed by atoms with Crippen LogP contribution >= 0.6 is 0 Å².